The Kier molecular flexibility index (Phi) is 2.67. The molecular weight excluding hydrogens is 256 g/mol. The molecule has 0 spiro atoms. The lowest BCUT2D eigenvalue weighted by Gasteiger charge is -2.20. The van der Waals surface area contributed by atoms with Crippen molar-refractivity contribution in [2.45, 2.75) is 12.8 Å². The Balaban J connectivity index is 2.32. The highest BCUT2D eigenvalue weighted by Crippen LogP contribution is 2.25. The van der Waals surface area contributed by atoms with Gasteiger partial charge in [-0.2, -0.15) is 0 Å². The number of anilines is 1. The van der Waals surface area contributed by atoms with E-state index < -0.39 is 0 Å². The smallest absolute Gasteiger partial charge is 0.262 e. The quantitative estimate of drug-likeness (QED) is 0.704. The van der Waals surface area contributed by atoms with Gasteiger partial charge < -0.3 is 5.73 Å². The lowest BCUT2D eigenvalue weighted by molar-refractivity contribution is 0.893. The van der Waals surface area contributed by atoms with Gasteiger partial charge in [0.05, 0.1) is 22.9 Å². The van der Waals surface area contributed by atoms with Crippen molar-refractivity contribution in [1.29, 1.82) is 5.41 Å². The summed E-state index contributed by atoms with van der Waals surface area (Å²) in [7, 11) is 0. The van der Waals surface area contributed by atoms with Gasteiger partial charge in [0.15, 0.2) is 0 Å². The van der Waals surface area contributed by atoms with Gasteiger partial charge in [-0.3, -0.25) is 20.2 Å². The second-order valence-electron chi connectivity index (χ2n) is 4.52. The van der Waals surface area contributed by atoms with Gasteiger partial charge in [0, 0.05) is 18.0 Å². The number of aromatic nitrogens is 3. The number of rotatable bonds is 1. The first kappa shape index (κ1) is 12.2. The summed E-state index contributed by atoms with van der Waals surface area (Å²) >= 11 is 0. The fraction of sp³-hybridized carbons (Fsp3) is 0.154. The Morgan fingerprint density at radius 3 is 2.95 bits per heavy atom. The molecule has 1 aliphatic rings. The van der Waals surface area contributed by atoms with Crippen molar-refractivity contribution < 1.29 is 0 Å². The minimum absolute atomic E-state index is 0.0424. The third-order valence-corrected chi connectivity index (χ3v) is 3.19. The maximum Gasteiger partial charge on any atom is 0.262 e. The molecule has 0 aromatic carbocycles. The average molecular weight is 268 g/mol. The van der Waals surface area contributed by atoms with Crippen molar-refractivity contribution in [1.82, 2.24) is 15.0 Å². The highest BCUT2D eigenvalue weighted by atomic mass is 16.1. The molecule has 0 saturated heterocycles. The fourth-order valence-electron chi connectivity index (χ4n) is 2.17. The Morgan fingerprint density at radius 1 is 1.45 bits per heavy atom. The van der Waals surface area contributed by atoms with Crippen molar-refractivity contribution in [3.8, 4) is 0 Å². The molecule has 1 unspecified atom stereocenters. The first-order chi connectivity index (χ1) is 9.58. The second kappa shape index (κ2) is 4.37. The summed E-state index contributed by atoms with van der Waals surface area (Å²) in [5.41, 5.74) is 7.14. The third-order valence-electron chi connectivity index (χ3n) is 3.19. The molecule has 0 fully saturated rings. The molecule has 4 N–H and O–H groups in total. The molecule has 7 heteroatoms. The molecule has 20 heavy (non-hydrogen) atoms. The van der Waals surface area contributed by atoms with Crippen LogP contribution >= 0.6 is 0 Å². The van der Waals surface area contributed by atoms with E-state index in [2.05, 4.69) is 19.9 Å². The molecule has 1 atom stereocenters. The zero-order chi connectivity index (χ0) is 14.3. The molecule has 3 heterocycles. The molecule has 0 saturated carbocycles. The van der Waals surface area contributed by atoms with Crippen molar-refractivity contribution in [3.63, 3.8) is 0 Å². The second-order valence-corrected chi connectivity index (χ2v) is 4.52. The minimum atomic E-state index is -0.366. The Bertz CT molecular complexity index is 777. The highest BCUT2D eigenvalue weighted by Gasteiger charge is 2.29. The summed E-state index contributed by atoms with van der Waals surface area (Å²) in [6, 6.07) is 3.53. The van der Waals surface area contributed by atoms with Crippen molar-refractivity contribution >= 4 is 17.5 Å². The van der Waals surface area contributed by atoms with Crippen LogP contribution in [0.4, 0.5) is 5.95 Å². The van der Waals surface area contributed by atoms with Crippen LogP contribution in [0.3, 0.4) is 0 Å². The number of nitrogens with one attached hydrogen (secondary N) is 2. The maximum absolute atomic E-state index is 12.2. The number of nitrogens with zero attached hydrogens (tertiary/aromatic N) is 3. The standard InChI is InChI=1S/C13H12N6O/c1-6-9-8(12(20)19-13(15)18-9)10(17-11(6)14)7-3-2-4-16-5-7/h2-6,14H,1H3,(H3,15,18,19,20). The monoisotopic (exact) mass is 268 g/mol. The Hall–Kier alpha value is -2.83. The van der Waals surface area contributed by atoms with E-state index in [4.69, 9.17) is 11.1 Å². The summed E-state index contributed by atoms with van der Waals surface area (Å²) in [5, 5.41) is 7.95. The molecule has 2 aromatic rings. The van der Waals surface area contributed by atoms with Gasteiger partial charge in [0.2, 0.25) is 5.95 Å². The molecular formula is C13H12N6O. The molecule has 0 bridgehead atoms. The topological polar surface area (TPSA) is 121 Å². The summed E-state index contributed by atoms with van der Waals surface area (Å²) < 4.78 is 0. The van der Waals surface area contributed by atoms with Crippen LogP contribution in [0.1, 0.15) is 29.7 Å². The molecule has 0 amide bonds. The lowest BCUT2D eigenvalue weighted by atomic mass is 9.92. The van der Waals surface area contributed by atoms with Crippen LogP contribution < -0.4 is 11.3 Å². The normalized spacial score (nSPS) is 17.6. The first-order valence-corrected chi connectivity index (χ1v) is 6.05. The van der Waals surface area contributed by atoms with Crippen LogP contribution in [-0.4, -0.2) is 26.5 Å². The van der Waals surface area contributed by atoms with Crippen LogP contribution in [0.5, 0.6) is 0 Å². The van der Waals surface area contributed by atoms with Gasteiger partial charge >= 0.3 is 0 Å². The molecule has 3 rings (SSSR count). The Morgan fingerprint density at radius 2 is 2.25 bits per heavy atom. The number of H-pyrrole nitrogens is 1. The van der Waals surface area contributed by atoms with Gasteiger partial charge in [-0.05, 0) is 19.1 Å². The number of nitrogens with two attached hydrogens (primary N) is 1. The minimum Gasteiger partial charge on any atom is -0.369 e. The third kappa shape index (κ3) is 1.80. The number of fused-ring (bicyclic) bond motifs is 1. The van der Waals surface area contributed by atoms with E-state index in [1.54, 1.807) is 31.5 Å². The average Bonchev–Trinajstić information content (AvgIpc) is 2.43. The van der Waals surface area contributed by atoms with Crippen LogP contribution in [0.15, 0.2) is 34.3 Å². The zero-order valence-corrected chi connectivity index (χ0v) is 10.7. The van der Waals surface area contributed by atoms with E-state index in [0.717, 1.165) is 0 Å². The van der Waals surface area contributed by atoms with E-state index >= 15 is 0 Å². The largest absolute Gasteiger partial charge is 0.369 e. The van der Waals surface area contributed by atoms with Gasteiger partial charge in [0.25, 0.3) is 5.56 Å². The first-order valence-electron chi connectivity index (χ1n) is 6.05. The van der Waals surface area contributed by atoms with Crippen LogP contribution in [0.2, 0.25) is 0 Å². The van der Waals surface area contributed by atoms with Crippen LogP contribution in [-0.2, 0) is 0 Å². The van der Waals surface area contributed by atoms with Gasteiger partial charge in [-0.15, -0.1) is 0 Å². The van der Waals surface area contributed by atoms with Gasteiger partial charge in [0.1, 0.15) is 5.84 Å². The predicted molar refractivity (Wildman–Crippen MR) is 75.3 cm³/mol. The van der Waals surface area contributed by atoms with Crippen molar-refractivity contribution in [3.05, 3.63) is 51.7 Å². The fourth-order valence-corrected chi connectivity index (χ4v) is 2.17. The van der Waals surface area contributed by atoms with Crippen molar-refractivity contribution in [2.75, 3.05) is 5.73 Å². The van der Waals surface area contributed by atoms with Gasteiger partial charge in [-0.1, -0.05) is 0 Å². The summed E-state index contributed by atoms with van der Waals surface area (Å²) in [6.45, 7) is 1.77. The van der Waals surface area contributed by atoms with E-state index in [0.29, 0.717) is 22.5 Å². The predicted octanol–water partition coefficient (Wildman–Crippen LogP) is 0.679. The number of pyridine rings is 1. The van der Waals surface area contributed by atoms with E-state index in [-0.39, 0.29) is 23.3 Å². The maximum atomic E-state index is 12.2. The van der Waals surface area contributed by atoms with E-state index in [9.17, 15) is 4.79 Å². The van der Waals surface area contributed by atoms with Crippen LogP contribution in [0, 0.1) is 5.41 Å². The molecule has 0 radical (unpaired) electrons. The molecule has 100 valence electrons. The molecule has 0 aliphatic carbocycles. The highest BCUT2D eigenvalue weighted by molar-refractivity contribution is 6.20. The molecule has 1 aliphatic heterocycles. The Labute approximate surface area is 114 Å². The molecule has 7 nitrogen and oxygen atoms in total. The SMILES string of the molecule is CC1C(=N)N=C(c2cccnc2)c2c1nc(N)[nH]c2=O. The number of amidine groups is 1. The van der Waals surface area contributed by atoms with E-state index in [1.807, 2.05) is 0 Å². The zero-order valence-electron chi connectivity index (χ0n) is 10.7. The van der Waals surface area contributed by atoms with E-state index in [1.165, 1.54) is 0 Å². The molecule has 2 aromatic heterocycles. The number of aliphatic imine (C=N–C) groups is 1. The van der Waals surface area contributed by atoms with Crippen molar-refractivity contribution in [2.24, 2.45) is 4.99 Å². The number of hydrogen-bond acceptors (Lipinski definition) is 5. The number of hydrogen-bond donors (Lipinski definition) is 3. The summed E-state index contributed by atoms with van der Waals surface area (Å²) in [4.78, 5) is 27.0. The summed E-state index contributed by atoms with van der Waals surface area (Å²) in [5.74, 6) is -0.176. The van der Waals surface area contributed by atoms with Gasteiger partial charge in [-0.25, -0.2) is 9.98 Å². The lowest BCUT2D eigenvalue weighted by Crippen LogP contribution is -2.31. The number of nitrogen functional groups attached to an aromatic ring is 1. The number of aromatic amines is 1. The van der Waals surface area contributed by atoms with Crippen LogP contribution in [0.25, 0.3) is 0 Å². The summed E-state index contributed by atoms with van der Waals surface area (Å²) in [6.07, 6.45) is 3.23.